The predicted molar refractivity (Wildman–Crippen MR) is 87.6 cm³/mol. The number of nitrogens with zero attached hydrogens (tertiary/aromatic N) is 1. The van der Waals surface area contributed by atoms with Gasteiger partial charge in [0.1, 0.15) is 6.07 Å². The number of hydrogen-bond donors (Lipinski definition) is 1. The third kappa shape index (κ3) is 5.94. The van der Waals surface area contributed by atoms with Crippen molar-refractivity contribution in [3.05, 3.63) is 22.2 Å². The third-order valence-corrected chi connectivity index (χ3v) is 3.26. The molecule has 0 amide bonds. The minimum Gasteiger partial charge on any atom is -0.490 e. The monoisotopic (exact) mass is 354 g/mol. The van der Waals surface area contributed by atoms with Crippen LogP contribution in [0.15, 0.2) is 16.6 Å². The summed E-state index contributed by atoms with van der Waals surface area (Å²) < 4.78 is 12.1. The lowest BCUT2D eigenvalue weighted by Gasteiger charge is -2.22. The van der Waals surface area contributed by atoms with Gasteiger partial charge in [0, 0.05) is 12.1 Å². The second-order valence-corrected chi connectivity index (χ2v) is 6.68. The van der Waals surface area contributed by atoms with Gasteiger partial charge in [-0.05, 0) is 68.2 Å². The summed E-state index contributed by atoms with van der Waals surface area (Å²) in [6, 6.07) is 6.00. The van der Waals surface area contributed by atoms with E-state index in [0.717, 1.165) is 16.6 Å². The van der Waals surface area contributed by atoms with Gasteiger partial charge in [-0.1, -0.05) is 0 Å². The quantitative estimate of drug-likeness (QED) is 0.837. The molecule has 0 aliphatic carbocycles. The van der Waals surface area contributed by atoms with Crippen molar-refractivity contribution >= 4 is 15.9 Å². The van der Waals surface area contributed by atoms with Gasteiger partial charge in [0.2, 0.25) is 0 Å². The number of ether oxygens (including phenoxy) is 2. The van der Waals surface area contributed by atoms with E-state index in [2.05, 4.69) is 48.1 Å². The Kier molecular flexibility index (Phi) is 6.50. The second-order valence-electron chi connectivity index (χ2n) is 5.83. The highest BCUT2D eigenvalue weighted by Crippen LogP contribution is 2.37. The van der Waals surface area contributed by atoms with Crippen LogP contribution in [0.5, 0.6) is 11.5 Å². The van der Waals surface area contributed by atoms with Crippen molar-refractivity contribution in [3.8, 4) is 17.6 Å². The first-order valence-corrected chi connectivity index (χ1v) is 7.82. The summed E-state index contributed by atoms with van der Waals surface area (Å²) >= 11 is 3.50. The van der Waals surface area contributed by atoms with E-state index < -0.39 is 6.10 Å². The number of hydrogen-bond acceptors (Lipinski definition) is 4. The molecule has 0 aliphatic heterocycles. The Bertz CT molecular complexity index is 518. The highest BCUT2D eigenvalue weighted by atomic mass is 79.9. The first kappa shape index (κ1) is 17.8. The summed E-state index contributed by atoms with van der Waals surface area (Å²) in [4.78, 5) is 0. The highest BCUT2D eigenvalue weighted by Gasteiger charge is 2.16. The predicted octanol–water partition coefficient (Wildman–Crippen LogP) is 4.03. The molecule has 0 aromatic heterocycles. The standard InChI is InChI=1S/C16H23BrN2O2/c1-6-20-14-8-12(10-19-16(3,4)5)7-13(17)15(14)21-11(2)9-18/h7-8,11,19H,6,10H2,1-5H3. The van der Waals surface area contributed by atoms with Crippen molar-refractivity contribution in [1.29, 1.82) is 5.26 Å². The van der Waals surface area contributed by atoms with Crippen LogP contribution in [-0.2, 0) is 6.54 Å². The smallest absolute Gasteiger partial charge is 0.181 e. The van der Waals surface area contributed by atoms with Crippen LogP contribution >= 0.6 is 15.9 Å². The normalized spacial score (nSPS) is 12.6. The van der Waals surface area contributed by atoms with E-state index in [1.165, 1.54) is 0 Å². The van der Waals surface area contributed by atoms with Gasteiger partial charge in [-0.3, -0.25) is 0 Å². The molecule has 0 bridgehead atoms. The van der Waals surface area contributed by atoms with Gasteiger partial charge in [-0.2, -0.15) is 5.26 Å². The van der Waals surface area contributed by atoms with Crippen LogP contribution in [0, 0.1) is 11.3 Å². The largest absolute Gasteiger partial charge is 0.490 e. The Hall–Kier alpha value is -1.25. The van der Waals surface area contributed by atoms with Crippen LogP contribution in [-0.4, -0.2) is 18.2 Å². The van der Waals surface area contributed by atoms with E-state index >= 15 is 0 Å². The second kappa shape index (κ2) is 7.67. The molecule has 1 N–H and O–H groups in total. The average Bonchev–Trinajstić information content (AvgIpc) is 2.39. The average molecular weight is 355 g/mol. The van der Waals surface area contributed by atoms with Crippen LogP contribution < -0.4 is 14.8 Å². The Morgan fingerprint density at radius 2 is 2.05 bits per heavy atom. The van der Waals surface area contributed by atoms with E-state index in [-0.39, 0.29) is 5.54 Å². The molecule has 1 aromatic carbocycles. The minimum absolute atomic E-state index is 0.0444. The maximum absolute atomic E-state index is 8.90. The SMILES string of the molecule is CCOc1cc(CNC(C)(C)C)cc(Br)c1OC(C)C#N. The molecule has 0 aliphatic rings. The fourth-order valence-electron chi connectivity index (χ4n) is 1.67. The van der Waals surface area contributed by atoms with Crippen LogP contribution in [0.2, 0.25) is 0 Å². The number of benzene rings is 1. The van der Waals surface area contributed by atoms with Crippen molar-refractivity contribution < 1.29 is 9.47 Å². The Labute approximate surface area is 135 Å². The van der Waals surface area contributed by atoms with Gasteiger partial charge in [-0.25, -0.2) is 0 Å². The lowest BCUT2D eigenvalue weighted by Crippen LogP contribution is -2.35. The summed E-state index contributed by atoms with van der Waals surface area (Å²) in [5.41, 5.74) is 1.14. The number of halogens is 1. The Balaban J connectivity index is 3.03. The Morgan fingerprint density at radius 1 is 1.38 bits per heavy atom. The van der Waals surface area contributed by atoms with E-state index in [4.69, 9.17) is 14.7 Å². The molecule has 5 heteroatoms. The zero-order chi connectivity index (χ0) is 16.0. The molecular formula is C16H23BrN2O2. The number of nitrogens with one attached hydrogen (secondary N) is 1. The Morgan fingerprint density at radius 3 is 2.57 bits per heavy atom. The van der Waals surface area contributed by atoms with Gasteiger partial charge in [0.25, 0.3) is 0 Å². The van der Waals surface area contributed by atoms with Gasteiger partial charge in [-0.15, -0.1) is 0 Å². The number of rotatable bonds is 6. The lowest BCUT2D eigenvalue weighted by molar-refractivity contribution is 0.248. The van der Waals surface area contributed by atoms with Crippen molar-refractivity contribution in [2.75, 3.05) is 6.61 Å². The highest BCUT2D eigenvalue weighted by molar-refractivity contribution is 9.10. The molecular weight excluding hydrogens is 332 g/mol. The van der Waals surface area contributed by atoms with Crippen molar-refractivity contribution in [2.45, 2.75) is 52.8 Å². The molecule has 4 nitrogen and oxygen atoms in total. The van der Waals surface area contributed by atoms with Crippen molar-refractivity contribution in [2.24, 2.45) is 0 Å². The first-order valence-electron chi connectivity index (χ1n) is 7.03. The molecule has 0 fully saturated rings. The minimum atomic E-state index is -0.529. The van der Waals surface area contributed by atoms with Crippen LogP contribution in [0.4, 0.5) is 0 Å². The van der Waals surface area contributed by atoms with Crippen LogP contribution in [0.25, 0.3) is 0 Å². The van der Waals surface area contributed by atoms with E-state index in [1.54, 1.807) is 6.92 Å². The summed E-state index contributed by atoms with van der Waals surface area (Å²) in [5, 5.41) is 12.3. The molecule has 1 atom stereocenters. The summed E-state index contributed by atoms with van der Waals surface area (Å²) in [7, 11) is 0. The number of nitriles is 1. The van der Waals surface area contributed by atoms with Crippen molar-refractivity contribution in [3.63, 3.8) is 0 Å². The molecule has 1 aromatic rings. The maximum Gasteiger partial charge on any atom is 0.181 e. The van der Waals surface area contributed by atoms with Gasteiger partial charge >= 0.3 is 0 Å². The zero-order valence-electron chi connectivity index (χ0n) is 13.3. The molecule has 21 heavy (non-hydrogen) atoms. The molecule has 0 saturated carbocycles. The summed E-state index contributed by atoms with van der Waals surface area (Å²) in [5.74, 6) is 1.23. The molecule has 0 heterocycles. The van der Waals surface area contributed by atoms with E-state index in [0.29, 0.717) is 18.1 Å². The van der Waals surface area contributed by atoms with E-state index in [9.17, 15) is 0 Å². The zero-order valence-corrected chi connectivity index (χ0v) is 14.9. The van der Waals surface area contributed by atoms with Gasteiger partial charge in [0.05, 0.1) is 11.1 Å². The van der Waals surface area contributed by atoms with Gasteiger partial charge in [0.15, 0.2) is 17.6 Å². The molecule has 0 saturated heterocycles. The van der Waals surface area contributed by atoms with Crippen molar-refractivity contribution in [1.82, 2.24) is 5.32 Å². The molecule has 0 radical (unpaired) electrons. The first-order chi connectivity index (χ1) is 9.76. The fraction of sp³-hybridized carbons (Fsp3) is 0.562. The van der Waals surface area contributed by atoms with Gasteiger partial charge < -0.3 is 14.8 Å². The van der Waals surface area contributed by atoms with Crippen LogP contribution in [0.3, 0.4) is 0 Å². The maximum atomic E-state index is 8.90. The van der Waals surface area contributed by atoms with Crippen LogP contribution in [0.1, 0.15) is 40.2 Å². The summed E-state index contributed by atoms with van der Waals surface area (Å²) in [6.07, 6.45) is -0.529. The van der Waals surface area contributed by atoms with E-state index in [1.807, 2.05) is 19.1 Å². The fourth-order valence-corrected chi connectivity index (χ4v) is 2.25. The molecule has 116 valence electrons. The molecule has 1 rings (SSSR count). The lowest BCUT2D eigenvalue weighted by atomic mass is 10.1. The summed E-state index contributed by atoms with van der Waals surface area (Å²) in [6.45, 7) is 11.3. The topological polar surface area (TPSA) is 54.3 Å². The molecule has 1 unspecified atom stereocenters. The third-order valence-electron chi connectivity index (χ3n) is 2.67. The molecule has 0 spiro atoms.